The maximum atomic E-state index is 9.51. The third-order valence-corrected chi connectivity index (χ3v) is 7.62. The van der Waals surface area contributed by atoms with Crippen molar-refractivity contribution in [2.75, 3.05) is 6.61 Å². The van der Waals surface area contributed by atoms with E-state index in [4.69, 9.17) is 5.11 Å². The van der Waals surface area contributed by atoms with E-state index < -0.39 is 0 Å². The lowest BCUT2D eigenvalue weighted by atomic mass is 9.47. The lowest BCUT2D eigenvalue weighted by Crippen LogP contribution is -2.53. The first-order valence-electron chi connectivity index (χ1n) is 8.86. The second-order valence-electron chi connectivity index (χ2n) is 9.11. The topological polar surface area (TPSA) is 40.5 Å². The van der Waals surface area contributed by atoms with Gasteiger partial charge in [0.05, 0.1) is 12.7 Å². The van der Waals surface area contributed by atoms with Crippen molar-refractivity contribution in [3.63, 3.8) is 0 Å². The first-order valence-corrected chi connectivity index (χ1v) is 8.86. The molecule has 1 unspecified atom stereocenters. The standard InChI is InChI=1S/2C10H16O/c1-6-8-4-7(5-9(6)11)10(8,2)3;1-10(2)8-4-3-7(6-11)9(10)5-8/h7-9,11H,1,4-5H2,2-3H3;3,8-9,11H,4-6H2,1-2H3/t7-,8+,9?;8-,9-/m01/s1. The van der Waals surface area contributed by atoms with Crippen molar-refractivity contribution in [2.45, 2.75) is 59.5 Å². The van der Waals surface area contributed by atoms with Crippen LogP contribution in [0.5, 0.6) is 0 Å². The molecule has 0 heterocycles. The summed E-state index contributed by atoms with van der Waals surface area (Å²) in [5.41, 5.74) is 3.28. The van der Waals surface area contributed by atoms with Gasteiger partial charge in [-0.15, -0.1) is 0 Å². The van der Waals surface area contributed by atoms with Gasteiger partial charge in [0.2, 0.25) is 0 Å². The summed E-state index contributed by atoms with van der Waals surface area (Å²) in [6.45, 7) is 13.5. The Morgan fingerprint density at radius 3 is 2.00 bits per heavy atom. The Morgan fingerprint density at radius 2 is 1.64 bits per heavy atom. The molecule has 4 bridgehead atoms. The third kappa shape index (κ3) is 2.22. The van der Waals surface area contributed by atoms with Gasteiger partial charge in [-0.2, -0.15) is 0 Å². The zero-order valence-electron chi connectivity index (χ0n) is 14.6. The summed E-state index contributed by atoms with van der Waals surface area (Å²) >= 11 is 0. The number of hydrogen-bond acceptors (Lipinski definition) is 2. The van der Waals surface area contributed by atoms with Gasteiger partial charge in [-0.3, -0.25) is 0 Å². The lowest BCUT2D eigenvalue weighted by Gasteiger charge is -2.59. The zero-order chi connectivity index (χ0) is 16.3. The van der Waals surface area contributed by atoms with Crippen LogP contribution >= 0.6 is 0 Å². The van der Waals surface area contributed by atoms with Gasteiger partial charge in [0, 0.05) is 0 Å². The Bertz CT molecular complexity index is 498. The van der Waals surface area contributed by atoms with Crippen LogP contribution in [0, 0.1) is 34.5 Å². The van der Waals surface area contributed by atoms with Crippen LogP contribution in [0.2, 0.25) is 0 Å². The molecular formula is C20H32O2. The highest BCUT2D eigenvalue weighted by Crippen LogP contribution is 2.61. The summed E-state index contributed by atoms with van der Waals surface area (Å²) in [7, 11) is 0. The first kappa shape index (κ1) is 16.3. The molecule has 0 saturated heterocycles. The Balaban J connectivity index is 0.000000131. The maximum absolute atomic E-state index is 9.51. The molecule has 5 atom stereocenters. The van der Waals surface area contributed by atoms with E-state index in [2.05, 4.69) is 40.3 Å². The third-order valence-electron chi connectivity index (χ3n) is 7.62. The normalized spacial score (nSPS) is 43.1. The average Bonchev–Trinajstić information content (AvgIpc) is 2.49. The van der Waals surface area contributed by atoms with Crippen molar-refractivity contribution in [3.8, 4) is 0 Å². The molecule has 2 nitrogen and oxygen atoms in total. The minimum atomic E-state index is -0.202. The summed E-state index contributed by atoms with van der Waals surface area (Å²) in [6.07, 6.45) is 6.76. The second-order valence-corrected chi connectivity index (χ2v) is 9.11. The van der Waals surface area contributed by atoms with Crippen molar-refractivity contribution in [1.82, 2.24) is 0 Å². The molecule has 6 aliphatic rings. The minimum absolute atomic E-state index is 0.202. The molecule has 22 heavy (non-hydrogen) atoms. The summed E-state index contributed by atoms with van der Waals surface area (Å²) in [4.78, 5) is 0. The van der Waals surface area contributed by atoms with E-state index in [0.29, 0.717) is 22.7 Å². The van der Waals surface area contributed by atoms with E-state index in [1.807, 2.05) is 0 Å². The fourth-order valence-electron chi connectivity index (χ4n) is 5.35. The number of allylic oxidation sites excluding steroid dienone is 1. The molecule has 4 fully saturated rings. The monoisotopic (exact) mass is 304 g/mol. The zero-order valence-corrected chi connectivity index (χ0v) is 14.6. The highest BCUT2D eigenvalue weighted by Gasteiger charge is 2.54. The summed E-state index contributed by atoms with van der Waals surface area (Å²) < 4.78 is 0. The number of hydrogen-bond donors (Lipinski definition) is 2. The van der Waals surface area contributed by atoms with Crippen molar-refractivity contribution >= 4 is 0 Å². The van der Waals surface area contributed by atoms with Gasteiger partial charge < -0.3 is 10.2 Å². The van der Waals surface area contributed by atoms with Crippen LogP contribution in [0.15, 0.2) is 23.8 Å². The van der Waals surface area contributed by atoms with E-state index in [0.717, 1.165) is 23.8 Å². The fraction of sp³-hybridized carbons (Fsp3) is 0.800. The molecule has 0 spiro atoms. The van der Waals surface area contributed by atoms with Crippen molar-refractivity contribution < 1.29 is 10.2 Å². The van der Waals surface area contributed by atoms with Crippen LogP contribution in [-0.4, -0.2) is 22.9 Å². The molecular weight excluding hydrogens is 272 g/mol. The van der Waals surface area contributed by atoms with Gasteiger partial charge in [0.25, 0.3) is 0 Å². The quantitative estimate of drug-likeness (QED) is 0.720. The molecule has 2 heteroatoms. The summed E-state index contributed by atoms with van der Waals surface area (Å²) in [5.74, 6) is 2.92. The molecule has 0 radical (unpaired) electrons. The van der Waals surface area contributed by atoms with E-state index in [9.17, 15) is 5.11 Å². The van der Waals surface area contributed by atoms with E-state index in [-0.39, 0.29) is 12.7 Å². The van der Waals surface area contributed by atoms with Crippen LogP contribution in [-0.2, 0) is 0 Å². The van der Waals surface area contributed by atoms with Gasteiger partial charge in [-0.05, 0) is 71.3 Å². The van der Waals surface area contributed by atoms with Gasteiger partial charge in [-0.1, -0.05) is 40.3 Å². The number of rotatable bonds is 1. The molecule has 124 valence electrons. The summed E-state index contributed by atoms with van der Waals surface area (Å²) in [6, 6.07) is 0. The molecule has 2 N–H and O–H groups in total. The highest BCUT2D eigenvalue weighted by atomic mass is 16.3. The SMILES string of the molecule is C=C1C(O)C[C@@H]2C[C@H]1C2(C)C.CC1(C)[C@@H]2CC=C(CO)[C@H]1C2. The van der Waals surface area contributed by atoms with Gasteiger partial charge in [0.15, 0.2) is 0 Å². The van der Waals surface area contributed by atoms with Gasteiger partial charge in [-0.25, -0.2) is 0 Å². The molecule has 4 saturated carbocycles. The Kier molecular flexibility index (Phi) is 3.85. The lowest BCUT2D eigenvalue weighted by molar-refractivity contribution is -0.0705. The van der Waals surface area contributed by atoms with Gasteiger partial charge in [0.1, 0.15) is 0 Å². The van der Waals surface area contributed by atoms with Crippen LogP contribution in [0.4, 0.5) is 0 Å². The van der Waals surface area contributed by atoms with Crippen LogP contribution in [0.1, 0.15) is 53.4 Å². The smallest absolute Gasteiger partial charge is 0.0753 e. The van der Waals surface area contributed by atoms with Crippen LogP contribution < -0.4 is 0 Å². The highest BCUT2D eigenvalue weighted by molar-refractivity contribution is 5.23. The van der Waals surface area contributed by atoms with Gasteiger partial charge >= 0.3 is 0 Å². The minimum Gasteiger partial charge on any atom is -0.392 e. The van der Waals surface area contributed by atoms with Crippen molar-refractivity contribution in [2.24, 2.45) is 34.5 Å². The van der Waals surface area contributed by atoms with Crippen LogP contribution in [0.3, 0.4) is 0 Å². The second kappa shape index (κ2) is 5.21. The molecule has 0 aromatic rings. The molecule has 0 aromatic heterocycles. The van der Waals surface area contributed by atoms with Crippen LogP contribution in [0.25, 0.3) is 0 Å². The Labute approximate surface area is 135 Å². The predicted octanol–water partition coefficient (Wildman–Crippen LogP) is 3.94. The predicted molar refractivity (Wildman–Crippen MR) is 90.3 cm³/mol. The average molecular weight is 304 g/mol. The number of aliphatic hydroxyl groups is 2. The van der Waals surface area contributed by atoms with E-state index in [1.54, 1.807) is 0 Å². The number of fused-ring (bicyclic) bond motifs is 3. The van der Waals surface area contributed by atoms with E-state index >= 15 is 0 Å². The molecule has 0 amide bonds. The Morgan fingerprint density at radius 1 is 1.05 bits per heavy atom. The Hall–Kier alpha value is -0.600. The first-order chi connectivity index (χ1) is 10.2. The largest absolute Gasteiger partial charge is 0.392 e. The molecule has 0 aromatic carbocycles. The fourth-order valence-corrected chi connectivity index (χ4v) is 5.35. The van der Waals surface area contributed by atoms with Crippen molar-refractivity contribution in [3.05, 3.63) is 23.8 Å². The summed E-state index contributed by atoms with van der Waals surface area (Å²) in [5, 5.41) is 18.6. The molecule has 6 rings (SSSR count). The number of aliphatic hydroxyl groups excluding tert-OH is 2. The molecule has 0 aliphatic heterocycles. The van der Waals surface area contributed by atoms with Crippen molar-refractivity contribution in [1.29, 1.82) is 0 Å². The maximum Gasteiger partial charge on any atom is 0.0753 e. The van der Waals surface area contributed by atoms with E-state index in [1.165, 1.54) is 24.8 Å². The molecule has 6 aliphatic carbocycles.